The summed E-state index contributed by atoms with van der Waals surface area (Å²) < 4.78 is 0. The van der Waals surface area contributed by atoms with E-state index >= 15 is 0 Å². The molecule has 1 saturated heterocycles. The van der Waals surface area contributed by atoms with Crippen molar-refractivity contribution in [3.8, 4) is 0 Å². The molecular weight excluding hydrogens is 250 g/mol. The lowest BCUT2D eigenvalue weighted by molar-refractivity contribution is 0.787. The lowest BCUT2D eigenvalue weighted by Crippen LogP contribution is -2.22. The van der Waals surface area contributed by atoms with E-state index < -0.39 is 0 Å². The molecule has 1 fully saturated rings. The highest BCUT2D eigenvalue weighted by molar-refractivity contribution is 5.57. The van der Waals surface area contributed by atoms with Crippen LogP contribution in [0.2, 0.25) is 0 Å². The summed E-state index contributed by atoms with van der Waals surface area (Å²) >= 11 is 0. The number of nitrogens with one attached hydrogen (secondary N) is 3. The van der Waals surface area contributed by atoms with Gasteiger partial charge in [0.2, 0.25) is 0 Å². The number of aromatic nitrogens is 2. The molecule has 20 heavy (non-hydrogen) atoms. The monoisotopic (exact) mass is 269 g/mol. The Morgan fingerprint density at radius 3 is 2.70 bits per heavy atom. The number of hydrogen-bond acceptors (Lipinski definition) is 5. The van der Waals surface area contributed by atoms with Crippen molar-refractivity contribution in [1.82, 2.24) is 15.3 Å². The molecular formula is C15H19N5. The topological polar surface area (TPSA) is 61.9 Å². The van der Waals surface area contributed by atoms with Crippen LogP contribution in [-0.2, 0) is 0 Å². The maximum absolute atomic E-state index is 4.54. The molecule has 104 valence electrons. The minimum atomic E-state index is 0.443. The highest BCUT2D eigenvalue weighted by Gasteiger charge is 2.14. The van der Waals surface area contributed by atoms with Gasteiger partial charge in [-0.25, -0.2) is 4.98 Å². The summed E-state index contributed by atoms with van der Waals surface area (Å²) in [7, 11) is 0. The standard InChI is InChI=1S/C15H19N5/c1-11-2-4-12(5-3-11)18-14-9-17-10-15(20-14)19-13-6-7-16-8-13/h2-5,9-10,13,16H,6-8H2,1H3,(H2,18,19,20)/t13-/m1/s1. The largest absolute Gasteiger partial charge is 0.365 e. The first-order valence-electron chi connectivity index (χ1n) is 6.92. The van der Waals surface area contributed by atoms with Crippen LogP contribution >= 0.6 is 0 Å². The van der Waals surface area contributed by atoms with E-state index in [0.717, 1.165) is 36.8 Å². The molecule has 0 radical (unpaired) electrons. The van der Waals surface area contributed by atoms with Crippen molar-refractivity contribution >= 4 is 17.3 Å². The van der Waals surface area contributed by atoms with Crippen molar-refractivity contribution in [2.24, 2.45) is 0 Å². The number of rotatable bonds is 4. The molecule has 1 aromatic heterocycles. The molecule has 0 amide bonds. The Labute approximate surface area is 118 Å². The highest BCUT2D eigenvalue weighted by Crippen LogP contribution is 2.16. The third-order valence-electron chi connectivity index (χ3n) is 3.37. The Morgan fingerprint density at radius 1 is 1.15 bits per heavy atom. The van der Waals surface area contributed by atoms with Crippen molar-refractivity contribution in [2.75, 3.05) is 23.7 Å². The number of aryl methyl sites for hydroxylation is 1. The van der Waals surface area contributed by atoms with Gasteiger partial charge in [0, 0.05) is 18.3 Å². The molecule has 1 aromatic carbocycles. The van der Waals surface area contributed by atoms with Gasteiger partial charge in [0.05, 0.1) is 12.4 Å². The zero-order valence-electron chi connectivity index (χ0n) is 11.6. The van der Waals surface area contributed by atoms with Gasteiger partial charge in [-0.1, -0.05) is 17.7 Å². The molecule has 1 aliphatic heterocycles. The Morgan fingerprint density at radius 2 is 1.95 bits per heavy atom. The molecule has 2 aromatic rings. The minimum absolute atomic E-state index is 0.443. The van der Waals surface area contributed by atoms with E-state index in [1.807, 2.05) is 12.1 Å². The zero-order chi connectivity index (χ0) is 13.8. The third kappa shape index (κ3) is 3.24. The Balaban J connectivity index is 1.68. The van der Waals surface area contributed by atoms with Crippen LogP contribution in [0.1, 0.15) is 12.0 Å². The third-order valence-corrected chi connectivity index (χ3v) is 3.37. The summed E-state index contributed by atoms with van der Waals surface area (Å²) in [6.45, 7) is 4.12. The lowest BCUT2D eigenvalue weighted by atomic mass is 10.2. The molecule has 1 aliphatic rings. The van der Waals surface area contributed by atoms with Gasteiger partial charge in [-0.2, -0.15) is 0 Å². The van der Waals surface area contributed by atoms with Gasteiger partial charge >= 0.3 is 0 Å². The van der Waals surface area contributed by atoms with Gasteiger partial charge in [0.25, 0.3) is 0 Å². The van der Waals surface area contributed by atoms with Crippen molar-refractivity contribution in [1.29, 1.82) is 0 Å². The lowest BCUT2D eigenvalue weighted by Gasteiger charge is -2.13. The molecule has 0 saturated carbocycles. The summed E-state index contributed by atoms with van der Waals surface area (Å²) in [5, 5.41) is 9.99. The number of benzene rings is 1. The van der Waals surface area contributed by atoms with Gasteiger partial charge in [-0.05, 0) is 32.0 Å². The van der Waals surface area contributed by atoms with Crippen LogP contribution in [0.15, 0.2) is 36.7 Å². The Kier molecular flexibility index (Phi) is 3.78. The van der Waals surface area contributed by atoms with Crippen molar-refractivity contribution in [3.05, 3.63) is 42.2 Å². The maximum Gasteiger partial charge on any atom is 0.151 e. The van der Waals surface area contributed by atoms with E-state index in [2.05, 4.69) is 45.0 Å². The number of nitrogens with zero attached hydrogens (tertiary/aromatic N) is 2. The summed E-state index contributed by atoms with van der Waals surface area (Å²) in [5.74, 6) is 1.57. The van der Waals surface area contributed by atoms with Crippen molar-refractivity contribution < 1.29 is 0 Å². The van der Waals surface area contributed by atoms with Crippen molar-refractivity contribution in [2.45, 2.75) is 19.4 Å². The van der Waals surface area contributed by atoms with E-state index in [4.69, 9.17) is 0 Å². The smallest absolute Gasteiger partial charge is 0.151 e. The second-order valence-corrected chi connectivity index (χ2v) is 5.11. The predicted molar refractivity (Wildman–Crippen MR) is 81.4 cm³/mol. The van der Waals surface area contributed by atoms with Crippen LogP contribution in [0.3, 0.4) is 0 Å². The Hall–Kier alpha value is -2.14. The van der Waals surface area contributed by atoms with E-state index in [-0.39, 0.29) is 0 Å². The van der Waals surface area contributed by atoms with E-state index in [0.29, 0.717) is 6.04 Å². The minimum Gasteiger partial charge on any atom is -0.365 e. The van der Waals surface area contributed by atoms with E-state index in [9.17, 15) is 0 Å². The summed E-state index contributed by atoms with van der Waals surface area (Å²) in [5.41, 5.74) is 2.26. The molecule has 1 atom stereocenters. The molecule has 0 unspecified atom stereocenters. The summed E-state index contributed by atoms with van der Waals surface area (Å²) in [6.07, 6.45) is 4.62. The van der Waals surface area contributed by atoms with Crippen LogP contribution < -0.4 is 16.0 Å². The van der Waals surface area contributed by atoms with Gasteiger partial charge in [0.15, 0.2) is 5.82 Å². The maximum atomic E-state index is 4.54. The zero-order valence-corrected chi connectivity index (χ0v) is 11.6. The highest BCUT2D eigenvalue weighted by atomic mass is 15.1. The van der Waals surface area contributed by atoms with Crippen molar-refractivity contribution in [3.63, 3.8) is 0 Å². The molecule has 0 bridgehead atoms. The van der Waals surface area contributed by atoms with Crippen LogP contribution in [0.4, 0.5) is 17.3 Å². The first-order chi connectivity index (χ1) is 9.79. The molecule has 5 heteroatoms. The predicted octanol–water partition coefficient (Wildman–Crippen LogP) is 2.30. The van der Waals surface area contributed by atoms with Crippen LogP contribution in [0, 0.1) is 6.92 Å². The van der Waals surface area contributed by atoms with Gasteiger partial charge in [-0.3, -0.25) is 4.98 Å². The van der Waals surface area contributed by atoms with Crippen LogP contribution in [0.25, 0.3) is 0 Å². The molecule has 0 aliphatic carbocycles. The first kappa shape index (κ1) is 12.9. The second kappa shape index (κ2) is 5.88. The first-order valence-corrected chi connectivity index (χ1v) is 6.92. The average molecular weight is 269 g/mol. The molecule has 3 N–H and O–H groups in total. The summed E-state index contributed by atoms with van der Waals surface area (Å²) in [6, 6.07) is 8.67. The van der Waals surface area contributed by atoms with Gasteiger partial charge < -0.3 is 16.0 Å². The van der Waals surface area contributed by atoms with Gasteiger partial charge in [0.1, 0.15) is 5.82 Å². The second-order valence-electron chi connectivity index (χ2n) is 5.11. The fraction of sp³-hybridized carbons (Fsp3) is 0.333. The Bertz CT molecular complexity index is 561. The van der Waals surface area contributed by atoms with Crippen LogP contribution in [0.5, 0.6) is 0 Å². The SMILES string of the molecule is Cc1ccc(Nc2cncc(N[C@@H]3CCNC3)n2)cc1. The summed E-state index contributed by atoms with van der Waals surface area (Å²) in [4.78, 5) is 8.77. The van der Waals surface area contributed by atoms with Crippen LogP contribution in [-0.4, -0.2) is 29.1 Å². The van der Waals surface area contributed by atoms with Gasteiger partial charge in [-0.15, -0.1) is 0 Å². The number of hydrogen-bond donors (Lipinski definition) is 3. The van der Waals surface area contributed by atoms with E-state index in [1.165, 1.54) is 5.56 Å². The average Bonchev–Trinajstić information content (AvgIpc) is 2.95. The fourth-order valence-corrected chi connectivity index (χ4v) is 2.27. The molecule has 0 spiro atoms. The number of anilines is 3. The molecule has 3 rings (SSSR count). The quantitative estimate of drug-likeness (QED) is 0.795. The fourth-order valence-electron chi connectivity index (χ4n) is 2.27. The van der Waals surface area contributed by atoms with E-state index in [1.54, 1.807) is 12.4 Å². The molecule has 2 heterocycles. The normalized spacial score (nSPS) is 17.9. The molecule has 5 nitrogen and oxygen atoms in total.